The molecule has 0 radical (unpaired) electrons. The molecule has 0 aliphatic heterocycles. The summed E-state index contributed by atoms with van der Waals surface area (Å²) < 4.78 is 5.37. The van der Waals surface area contributed by atoms with Gasteiger partial charge in [0.1, 0.15) is 5.75 Å². The van der Waals surface area contributed by atoms with E-state index in [0.717, 1.165) is 5.56 Å². The Morgan fingerprint density at radius 3 is 2.50 bits per heavy atom. The van der Waals surface area contributed by atoms with Gasteiger partial charge >= 0.3 is 0 Å². The molecule has 0 bridgehead atoms. The zero-order valence-corrected chi connectivity index (χ0v) is 13.9. The van der Waals surface area contributed by atoms with Crippen LogP contribution in [-0.2, 0) is 4.79 Å². The van der Waals surface area contributed by atoms with Crippen molar-refractivity contribution in [1.82, 2.24) is 10.3 Å². The molecule has 1 amide bonds. The van der Waals surface area contributed by atoms with Gasteiger partial charge in [0, 0.05) is 18.5 Å². The van der Waals surface area contributed by atoms with Crippen LogP contribution in [0.4, 0.5) is 0 Å². The summed E-state index contributed by atoms with van der Waals surface area (Å²) in [5.41, 5.74) is 0.955. The summed E-state index contributed by atoms with van der Waals surface area (Å²) >= 11 is 17.7. The highest BCUT2D eigenvalue weighted by Gasteiger charge is 2.12. The van der Waals surface area contributed by atoms with Gasteiger partial charge < -0.3 is 10.1 Å². The van der Waals surface area contributed by atoms with Crippen LogP contribution in [0.2, 0.25) is 15.1 Å². The first-order valence-corrected chi connectivity index (χ1v) is 7.57. The van der Waals surface area contributed by atoms with Crippen molar-refractivity contribution >= 4 is 40.7 Å². The number of amides is 1. The van der Waals surface area contributed by atoms with E-state index in [1.54, 1.807) is 12.4 Å². The lowest BCUT2D eigenvalue weighted by Crippen LogP contribution is -2.31. The van der Waals surface area contributed by atoms with Crippen LogP contribution in [0.25, 0.3) is 0 Å². The lowest BCUT2D eigenvalue weighted by atomic mass is 10.1. The van der Waals surface area contributed by atoms with E-state index in [-0.39, 0.29) is 18.6 Å². The number of halogens is 3. The molecule has 7 heteroatoms. The fraction of sp³-hybridized carbons (Fsp3) is 0.200. The number of nitrogens with one attached hydrogen (secondary N) is 1. The van der Waals surface area contributed by atoms with E-state index >= 15 is 0 Å². The number of nitrogens with zero attached hydrogens (tertiary/aromatic N) is 1. The van der Waals surface area contributed by atoms with Gasteiger partial charge in [0.2, 0.25) is 0 Å². The predicted molar refractivity (Wildman–Crippen MR) is 87.8 cm³/mol. The molecule has 1 heterocycles. The molecule has 0 saturated heterocycles. The van der Waals surface area contributed by atoms with E-state index in [4.69, 9.17) is 39.5 Å². The fourth-order valence-electron chi connectivity index (χ4n) is 1.78. The van der Waals surface area contributed by atoms with Gasteiger partial charge in [-0.1, -0.05) is 34.8 Å². The first-order valence-electron chi connectivity index (χ1n) is 6.44. The van der Waals surface area contributed by atoms with Crippen molar-refractivity contribution in [3.63, 3.8) is 0 Å². The van der Waals surface area contributed by atoms with Gasteiger partial charge in [0.15, 0.2) is 6.61 Å². The number of hydrogen-bond acceptors (Lipinski definition) is 3. The van der Waals surface area contributed by atoms with E-state index in [1.165, 1.54) is 12.1 Å². The Hall–Kier alpha value is -1.49. The van der Waals surface area contributed by atoms with E-state index in [9.17, 15) is 4.79 Å². The van der Waals surface area contributed by atoms with Crippen molar-refractivity contribution in [3.05, 3.63) is 57.3 Å². The van der Waals surface area contributed by atoms with Crippen LogP contribution in [0.5, 0.6) is 5.75 Å². The summed E-state index contributed by atoms with van der Waals surface area (Å²) in [5.74, 6) is 0.0363. The van der Waals surface area contributed by atoms with Gasteiger partial charge in [-0.25, -0.2) is 0 Å². The Balaban J connectivity index is 1.92. The molecule has 1 atom stereocenters. The number of carbonyl (C=O) groups excluding carboxylic acids is 1. The topological polar surface area (TPSA) is 51.2 Å². The molecule has 2 rings (SSSR count). The predicted octanol–water partition coefficient (Wildman–Crippen LogP) is 4.30. The van der Waals surface area contributed by atoms with E-state index < -0.39 is 0 Å². The first-order chi connectivity index (χ1) is 10.5. The number of ether oxygens (including phenoxy) is 1. The van der Waals surface area contributed by atoms with Crippen LogP contribution < -0.4 is 10.1 Å². The largest absolute Gasteiger partial charge is 0.482 e. The second kappa shape index (κ2) is 7.68. The molecule has 116 valence electrons. The van der Waals surface area contributed by atoms with Crippen molar-refractivity contribution < 1.29 is 9.53 Å². The Bertz CT molecular complexity index is 665. The van der Waals surface area contributed by atoms with Gasteiger partial charge in [0.25, 0.3) is 5.91 Å². The molecular weight excluding hydrogens is 347 g/mol. The molecule has 22 heavy (non-hydrogen) atoms. The van der Waals surface area contributed by atoms with Gasteiger partial charge in [-0.15, -0.1) is 0 Å². The van der Waals surface area contributed by atoms with Crippen LogP contribution in [0, 0.1) is 0 Å². The van der Waals surface area contributed by atoms with E-state index in [0.29, 0.717) is 20.8 Å². The summed E-state index contributed by atoms with van der Waals surface area (Å²) in [6, 6.07) is 6.47. The first kappa shape index (κ1) is 16.9. The fourth-order valence-corrected chi connectivity index (χ4v) is 2.37. The molecule has 1 unspecified atom stereocenters. The van der Waals surface area contributed by atoms with Crippen LogP contribution >= 0.6 is 34.8 Å². The molecule has 0 saturated carbocycles. The smallest absolute Gasteiger partial charge is 0.258 e. The summed E-state index contributed by atoms with van der Waals surface area (Å²) in [4.78, 5) is 15.8. The van der Waals surface area contributed by atoms with E-state index in [1.807, 2.05) is 19.1 Å². The average Bonchev–Trinajstić information content (AvgIpc) is 2.50. The molecule has 1 N–H and O–H groups in total. The number of hydrogen-bond donors (Lipinski definition) is 1. The SMILES string of the molecule is CC(NC(=O)COc1cc(Cl)c(Cl)cc1Cl)c1ccncc1. The lowest BCUT2D eigenvalue weighted by molar-refractivity contribution is -0.123. The normalized spacial score (nSPS) is 11.8. The third-order valence-electron chi connectivity index (χ3n) is 2.92. The van der Waals surface area contributed by atoms with Gasteiger partial charge in [-0.3, -0.25) is 9.78 Å². The maximum atomic E-state index is 11.9. The quantitative estimate of drug-likeness (QED) is 0.810. The molecule has 1 aromatic carbocycles. The Morgan fingerprint density at radius 2 is 1.82 bits per heavy atom. The number of benzene rings is 1. The maximum absolute atomic E-state index is 11.9. The molecule has 0 aliphatic rings. The molecule has 2 aromatic rings. The Labute approximate surface area is 143 Å². The minimum Gasteiger partial charge on any atom is -0.482 e. The van der Waals surface area contributed by atoms with Crippen LogP contribution in [0.15, 0.2) is 36.7 Å². The molecular formula is C15H13Cl3N2O2. The lowest BCUT2D eigenvalue weighted by Gasteiger charge is -2.15. The van der Waals surface area contributed by atoms with Crippen molar-refractivity contribution in [2.24, 2.45) is 0 Å². The van der Waals surface area contributed by atoms with Crippen molar-refractivity contribution in [2.75, 3.05) is 6.61 Å². The minimum atomic E-state index is -0.272. The highest BCUT2D eigenvalue weighted by atomic mass is 35.5. The zero-order valence-electron chi connectivity index (χ0n) is 11.6. The third kappa shape index (κ3) is 4.50. The second-order valence-corrected chi connectivity index (χ2v) is 5.78. The highest BCUT2D eigenvalue weighted by molar-refractivity contribution is 6.43. The molecule has 0 aliphatic carbocycles. The van der Waals surface area contributed by atoms with Crippen molar-refractivity contribution in [3.8, 4) is 5.75 Å². The molecule has 0 spiro atoms. The minimum absolute atomic E-state index is 0.150. The van der Waals surface area contributed by atoms with Gasteiger partial charge in [0.05, 0.1) is 21.1 Å². The Kier molecular flexibility index (Phi) is 5.89. The summed E-state index contributed by atoms with van der Waals surface area (Å²) in [6.07, 6.45) is 3.34. The Morgan fingerprint density at radius 1 is 1.18 bits per heavy atom. The summed E-state index contributed by atoms with van der Waals surface area (Å²) in [5, 5.41) is 3.75. The molecule has 4 nitrogen and oxygen atoms in total. The van der Waals surface area contributed by atoms with Crippen LogP contribution in [0.1, 0.15) is 18.5 Å². The maximum Gasteiger partial charge on any atom is 0.258 e. The monoisotopic (exact) mass is 358 g/mol. The van der Waals surface area contributed by atoms with Crippen molar-refractivity contribution in [2.45, 2.75) is 13.0 Å². The number of pyridine rings is 1. The standard InChI is InChI=1S/C15H13Cl3N2O2/c1-9(10-2-4-19-5-3-10)20-15(21)8-22-14-7-12(17)11(16)6-13(14)18/h2-7,9H,8H2,1H3,(H,20,21). The number of aromatic nitrogens is 1. The van der Waals surface area contributed by atoms with E-state index in [2.05, 4.69) is 10.3 Å². The highest BCUT2D eigenvalue weighted by Crippen LogP contribution is 2.33. The number of rotatable bonds is 5. The second-order valence-electron chi connectivity index (χ2n) is 4.56. The van der Waals surface area contributed by atoms with Gasteiger partial charge in [-0.2, -0.15) is 0 Å². The zero-order chi connectivity index (χ0) is 16.1. The average molecular weight is 360 g/mol. The molecule has 1 aromatic heterocycles. The van der Waals surface area contributed by atoms with Crippen molar-refractivity contribution in [1.29, 1.82) is 0 Å². The van der Waals surface area contributed by atoms with Gasteiger partial charge in [-0.05, 0) is 30.7 Å². The summed E-state index contributed by atoms with van der Waals surface area (Å²) in [6.45, 7) is 1.70. The van der Waals surface area contributed by atoms with Crippen LogP contribution in [-0.4, -0.2) is 17.5 Å². The van der Waals surface area contributed by atoms with Crippen LogP contribution in [0.3, 0.4) is 0 Å². The summed E-state index contributed by atoms with van der Waals surface area (Å²) in [7, 11) is 0. The molecule has 0 fully saturated rings. The third-order valence-corrected chi connectivity index (χ3v) is 3.93. The number of carbonyl (C=O) groups is 1.